The fraction of sp³-hybridized carbons (Fsp3) is 0.182. The Morgan fingerprint density at radius 1 is 1.41 bits per heavy atom. The third-order valence-electron chi connectivity index (χ3n) is 2.24. The fourth-order valence-corrected chi connectivity index (χ4v) is 2.07. The molecular weight excluding hydrogens is 241 g/mol. The third kappa shape index (κ3) is 2.65. The fourth-order valence-electron chi connectivity index (χ4n) is 1.39. The van der Waals surface area contributed by atoms with Crippen LogP contribution in [0.4, 0.5) is 15.2 Å². The standard InChI is InChI=1S/C11H12FN3OS/c1-16-9-10(13)15-17-11(9)14-6-7-2-4-8(12)5-3-7/h2-5,14H,6H2,1H3,(H2,13,15). The van der Waals surface area contributed by atoms with E-state index in [2.05, 4.69) is 9.69 Å². The van der Waals surface area contributed by atoms with Crippen LogP contribution in [0.1, 0.15) is 5.56 Å². The molecule has 90 valence electrons. The molecule has 17 heavy (non-hydrogen) atoms. The first kappa shape index (κ1) is 11.7. The molecule has 0 saturated heterocycles. The van der Waals surface area contributed by atoms with Crippen LogP contribution in [-0.2, 0) is 6.54 Å². The molecule has 1 heterocycles. The van der Waals surface area contributed by atoms with Crippen LogP contribution in [0, 0.1) is 5.82 Å². The van der Waals surface area contributed by atoms with Gasteiger partial charge in [-0.15, -0.1) is 0 Å². The summed E-state index contributed by atoms with van der Waals surface area (Å²) in [6.07, 6.45) is 0. The van der Waals surface area contributed by atoms with Crippen LogP contribution in [0.15, 0.2) is 24.3 Å². The molecule has 0 radical (unpaired) electrons. The van der Waals surface area contributed by atoms with Crippen molar-refractivity contribution in [2.75, 3.05) is 18.2 Å². The van der Waals surface area contributed by atoms with E-state index in [1.54, 1.807) is 19.2 Å². The molecule has 1 aromatic carbocycles. The normalized spacial score (nSPS) is 10.2. The van der Waals surface area contributed by atoms with Crippen LogP contribution in [0.25, 0.3) is 0 Å². The Morgan fingerprint density at radius 3 is 2.76 bits per heavy atom. The summed E-state index contributed by atoms with van der Waals surface area (Å²) < 4.78 is 21.8. The van der Waals surface area contributed by atoms with Crippen LogP contribution in [0.5, 0.6) is 5.75 Å². The van der Waals surface area contributed by atoms with Gasteiger partial charge in [-0.2, -0.15) is 4.37 Å². The summed E-state index contributed by atoms with van der Waals surface area (Å²) in [4.78, 5) is 0. The van der Waals surface area contributed by atoms with E-state index in [0.29, 0.717) is 18.1 Å². The van der Waals surface area contributed by atoms with Crippen molar-refractivity contribution in [2.24, 2.45) is 0 Å². The van der Waals surface area contributed by atoms with Gasteiger partial charge in [0.25, 0.3) is 0 Å². The lowest BCUT2D eigenvalue weighted by Gasteiger charge is -2.06. The first-order valence-electron chi connectivity index (χ1n) is 4.98. The van der Waals surface area contributed by atoms with E-state index >= 15 is 0 Å². The number of nitrogen functional groups attached to an aromatic ring is 1. The molecule has 0 fully saturated rings. The highest BCUT2D eigenvalue weighted by molar-refractivity contribution is 7.11. The summed E-state index contributed by atoms with van der Waals surface area (Å²) in [6, 6.07) is 6.29. The molecule has 0 amide bonds. The minimum atomic E-state index is -0.242. The summed E-state index contributed by atoms with van der Waals surface area (Å²) in [7, 11) is 1.54. The molecule has 1 aromatic heterocycles. The van der Waals surface area contributed by atoms with Gasteiger partial charge in [0.05, 0.1) is 7.11 Å². The number of nitrogens with one attached hydrogen (secondary N) is 1. The number of halogens is 1. The maximum atomic E-state index is 12.7. The summed E-state index contributed by atoms with van der Waals surface area (Å²) in [5.41, 5.74) is 6.60. The van der Waals surface area contributed by atoms with Gasteiger partial charge in [-0.3, -0.25) is 0 Å². The molecule has 0 atom stereocenters. The van der Waals surface area contributed by atoms with Crippen molar-refractivity contribution in [1.82, 2.24) is 4.37 Å². The first-order valence-corrected chi connectivity index (χ1v) is 5.75. The quantitative estimate of drug-likeness (QED) is 0.878. The monoisotopic (exact) mass is 253 g/mol. The Kier molecular flexibility index (Phi) is 3.43. The summed E-state index contributed by atoms with van der Waals surface area (Å²) in [5, 5.41) is 3.92. The molecule has 3 N–H and O–H groups in total. The number of anilines is 2. The zero-order valence-electron chi connectivity index (χ0n) is 9.24. The minimum absolute atomic E-state index is 0.242. The van der Waals surface area contributed by atoms with Gasteiger partial charge in [0, 0.05) is 6.54 Å². The minimum Gasteiger partial charge on any atom is -0.490 e. The van der Waals surface area contributed by atoms with Crippen LogP contribution in [-0.4, -0.2) is 11.5 Å². The predicted molar refractivity (Wildman–Crippen MR) is 66.8 cm³/mol. The number of nitrogens with zero attached hydrogens (tertiary/aromatic N) is 1. The van der Waals surface area contributed by atoms with E-state index in [-0.39, 0.29) is 5.82 Å². The van der Waals surface area contributed by atoms with Crippen molar-refractivity contribution >= 4 is 22.4 Å². The van der Waals surface area contributed by atoms with Crippen molar-refractivity contribution in [3.8, 4) is 5.75 Å². The number of nitrogens with two attached hydrogens (primary N) is 1. The van der Waals surface area contributed by atoms with E-state index in [0.717, 1.165) is 10.6 Å². The average Bonchev–Trinajstić information content (AvgIpc) is 2.69. The van der Waals surface area contributed by atoms with E-state index in [4.69, 9.17) is 10.5 Å². The molecule has 0 aliphatic heterocycles. The zero-order valence-corrected chi connectivity index (χ0v) is 10.1. The Hall–Kier alpha value is -1.82. The molecule has 4 nitrogen and oxygen atoms in total. The SMILES string of the molecule is COc1c(N)nsc1NCc1ccc(F)cc1. The summed E-state index contributed by atoms with van der Waals surface area (Å²) in [5.74, 6) is 0.685. The summed E-state index contributed by atoms with van der Waals surface area (Å²) in [6.45, 7) is 0.568. The topological polar surface area (TPSA) is 60.2 Å². The molecule has 0 unspecified atom stereocenters. The molecule has 6 heteroatoms. The maximum Gasteiger partial charge on any atom is 0.197 e. The largest absolute Gasteiger partial charge is 0.490 e. The van der Waals surface area contributed by atoms with Gasteiger partial charge in [0.15, 0.2) is 16.6 Å². The second-order valence-electron chi connectivity index (χ2n) is 3.41. The van der Waals surface area contributed by atoms with Crippen molar-refractivity contribution in [1.29, 1.82) is 0 Å². The number of hydrogen-bond acceptors (Lipinski definition) is 5. The molecule has 0 aliphatic rings. The number of methoxy groups -OCH3 is 1. The highest BCUT2D eigenvalue weighted by Gasteiger charge is 2.11. The van der Waals surface area contributed by atoms with Crippen molar-refractivity contribution < 1.29 is 9.13 Å². The van der Waals surface area contributed by atoms with Crippen LogP contribution < -0.4 is 15.8 Å². The van der Waals surface area contributed by atoms with Gasteiger partial charge in [-0.05, 0) is 29.2 Å². The number of rotatable bonds is 4. The number of ether oxygens (including phenoxy) is 1. The van der Waals surface area contributed by atoms with Crippen molar-refractivity contribution in [3.63, 3.8) is 0 Å². The van der Waals surface area contributed by atoms with Gasteiger partial charge < -0.3 is 15.8 Å². The predicted octanol–water partition coefficient (Wildman–Crippen LogP) is 2.49. The van der Waals surface area contributed by atoms with Gasteiger partial charge in [0.1, 0.15) is 5.82 Å². The van der Waals surface area contributed by atoms with E-state index in [1.165, 1.54) is 23.7 Å². The lowest BCUT2D eigenvalue weighted by Crippen LogP contribution is -1.99. The molecule has 0 aliphatic carbocycles. The zero-order chi connectivity index (χ0) is 12.3. The lowest BCUT2D eigenvalue weighted by molar-refractivity contribution is 0.419. The van der Waals surface area contributed by atoms with Crippen LogP contribution >= 0.6 is 11.5 Å². The molecule has 2 rings (SSSR count). The Bertz CT molecular complexity index is 498. The molecule has 0 bridgehead atoms. The first-order chi connectivity index (χ1) is 8.20. The number of benzene rings is 1. The molecule has 0 saturated carbocycles. The van der Waals surface area contributed by atoms with Crippen molar-refractivity contribution in [2.45, 2.75) is 6.54 Å². The van der Waals surface area contributed by atoms with E-state index in [1.807, 2.05) is 0 Å². The van der Waals surface area contributed by atoms with Gasteiger partial charge >= 0.3 is 0 Å². The second-order valence-corrected chi connectivity index (χ2v) is 4.18. The highest BCUT2D eigenvalue weighted by atomic mass is 32.1. The Morgan fingerprint density at radius 2 is 2.12 bits per heavy atom. The molecule has 2 aromatic rings. The van der Waals surface area contributed by atoms with Crippen molar-refractivity contribution in [3.05, 3.63) is 35.6 Å². The Balaban J connectivity index is 2.04. The number of hydrogen-bond donors (Lipinski definition) is 2. The van der Waals surface area contributed by atoms with Gasteiger partial charge in [0.2, 0.25) is 0 Å². The van der Waals surface area contributed by atoms with Crippen LogP contribution in [0.3, 0.4) is 0 Å². The summed E-state index contributed by atoms with van der Waals surface area (Å²) >= 11 is 1.24. The lowest BCUT2D eigenvalue weighted by atomic mass is 10.2. The molecule has 0 spiro atoms. The second kappa shape index (κ2) is 5.01. The molecular formula is C11H12FN3OS. The average molecular weight is 253 g/mol. The van der Waals surface area contributed by atoms with Gasteiger partial charge in [-0.1, -0.05) is 12.1 Å². The maximum absolute atomic E-state index is 12.7. The Labute approximate surface area is 102 Å². The van der Waals surface area contributed by atoms with E-state index < -0.39 is 0 Å². The third-order valence-corrected chi connectivity index (χ3v) is 3.04. The van der Waals surface area contributed by atoms with E-state index in [9.17, 15) is 4.39 Å². The van der Waals surface area contributed by atoms with Crippen LogP contribution in [0.2, 0.25) is 0 Å². The number of aromatic nitrogens is 1. The van der Waals surface area contributed by atoms with Gasteiger partial charge in [-0.25, -0.2) is 4.39 Å². The highest BCUT2D eigenvalue weighted by Crippen LogP contribution is 2.34. The smallest absolute Gasteiger partial charge is 0.197 e.